The van der Waals surface area contributed by atoms with Gasteiger partial charge in [-0.1, -0.05) is 6.07 Å². The minimum atomic E-state index is -0.411. The Morgan fingerprint density at radius 1 is 1.02 bits per heavy atom. The standard InChI is InChI=1S/C33H35FN4O5/c1-21(39)23-6-8-27(34)25(16-23)20-43-32-5-3-4-28(36-32)22-10-13-37(14-11-22)19-31-35-29-9-7-24(33(40)41-2)17-30(29)38(31)18-26-12-15-42-26/h3-9,16-17,22,26H,10-15,18-20H2,1-2H3/t26-/m0/s1. The van der Waals surface area contributed by atoms with Gasteiger partial charge in [0.15, 0.2) is 5.78 Å². The highest BCUT2D eigenvalue weighted by Crippen LogP contribution is 2.30. The lowest BCUT2D eigenvalue weighted by molar-refractivity contribution is -0.0592. The molecule has 224 valence electrons. The Bertz CT molecular complexity index is 1640. The normalized spacial score (nSPS) is 17.5. The number of ketones is 1. The molecule has 4 heterocycles. The maximum atomic E-state index is 14.3. The number of pyridine rings is 1. The maximum Gasteiger partial charge on any atom is 0.337 e. The number of likely N-dealkylation sites (tertiary alicyclic amines) is 1. The highest BCUT2D eigenvalue weighted by atomic mass is 19.1. The minimum absolute atomic E-state index is 0.00410. The number of Topliss-reactive ketones (excluding diaryl/α,β-unsaturated/α-hetero) is 1. The van der Waals surface area contributed by atoms with Crippen LogP contribution < -0.4 is 4.74 Å². The Balaban J connectivity index is 1.11. The monoisotopic (exact) mass is 586 g/mol. The fourth-order valence-corrected chi connectivity index (χ4v) is 5.76. The number of fused-ring (bicyclic) bond motifs is 1. The van der Waals surface area contributed by atoms with Crippen LogP contribution >= 0.6 is 0 Å². The van der Waals surface area contributed by atoms with E-state index in [1.807, 2.05) is 24.3 Å². The third kappa shape index (κ3) is 6.45. The number of hydrogen-bond donors (Lipinski definition) is 0. The largest absolute Gasteiger partial charge is 0.473 e. The summed E-state index contributed by atoms with van der Waals surface area (Å²) in [7, 11) is 1.39. The maximum absolute atomic E-state index is 14.3. The molecule has 0 spiro atoms. The predicted molar refractivity (Wildman–Crippen MR) is 158 cm³/mol. The number of aromatic nitrogens is 3. The van der Waals surface area contributed by atoms with Crippen LogP contribution in [0.15, 0.2) is 54.6 Å². The zero-order valence-electron chi connectivity index (χ0n) is 24.4. The number of piperidine rings is 1. The molecule has 0 aliphatic carbocycles. The van der Waals surface area contributed by atoms with Crippen molar-refractivity contribution in [3.63, 3.8) is 0 Å². The number of hydrogen-bond acceptors (Lipinski definition) is 8. The van der Waals surface area contributed by atoms with E-state index < -0.39 is 5.82 Å². The van der Waals surface area contributed by atoms with Crippen molar-refractivity contribution in [2.24, 2.45) is 0 Å². The van der Waals surface area contributed by atoms with Gasteiger partial charge in [-0.15, -0.1) is 0 Å². The second kappa shape index (κ2) is 12.6. The van der Waals surface area contributed by atoms with E-state index in [2.05, 4.69) is 9.47 Å². The number of methoxy groups -OCH3 is 1. The lowest BCUT2D eigenvalue weighted by atomic mass is 9.93. The molecule has 6 rings (SSSR count). The van der Waals surface area contributed by atoms with Gasteiger partial charge in [-0.05, 0) is 81.7 Å². The van der Waals surface area contributed by atoms with Crippen molar-refractivity contribution in [1.82, 2.24) is 19.4 Å². The fraction of sp³-hybridized carbons (Fsp3) is 0.394. The Kier molecular flexibility index (Phi) is 8.49. The number of ether oxygens (including phenoxy) is 3. The molecule has 0 bridgehead atoms. The molecule has 2 aliphatic rings. The van der Waals surface area contributed by atoms with E-state index in [-0.39, 0.29) is 30.4 Å². The number of halogens is 1. The van der Waals surface area contributed by atoms with E-state index in [0.717, 1.165) is 61.5 Å². The molecular weight excluding hydrogens is 551 g/mol. The first-order valence-corrected chi connectivity index (χ1v) is 14.7. The van der Waals surface area contributed by atoms with Gasteiger partial charge < -0.3 is 18.8 Å². The molecule has 1 atom stereocenters. The van der Waals surface area contributed by atoms with Gasteiger partial charge in [-0.2, -0.15) is 0 Å². The molecule has 43 heavy (non-hydrogen) atoms. The predicted octanol–water partition coefficient (Wildman–Crippen LogP) is 5.31. The fourth-order valence-electron chi connectivity index (χ4n) is 5.76. The molecule has 0 amide bonds. The van der Waals surface area contributed by atoms with Crippen LogP contribution in [0.3, 0.4) is 0 Å². The molecule has 2 saturated heterocycles. The van der Waals surface area contributed by atoms with Gasteiger partial charge >= 0.3 is 5.97 Å². The zero-order valence-corrected chi connectivity index (χ0v) is 24.4. The summed E-state index contributed by atoms with van der Waals surface area (Å²) in [5.41, 5.74) is 4.00. The summed E-state index contributed by atoms with van der Waals surface area (Å²) in [6.45, 7) is 5.40. The molecular formula is C33H35FN4O5. The summed E-state index contributed by atoms with van der Waals surface area (Å²) in [4.78, 5) is 35.9. The van der Waals surface area contributed by atoms with Gasteiger partial charge in [-0.25, -0.2) is 19.2 Å². The number of rotatable bonds is 10. The van der Waals surface area contributed by atoms with Gasteiger partial charge in [-0.3, -0.25) is 9.69 Å². The number of esters is 1. The first-order chi connectivity index (χ1) is 20.9. The summed E-state index contributed by atoms with van der Waals surface area (Å²) in [6.07, 6.45) is 3.03. The molecule has 0 unspecified atom stereocenters. The third-order valence-corrected chi connectivity index (χ3v) is 8.37. The molecule has 2 aromatic heterocycles. The smallest absolute Gasteiger partial charge is 0.337 e. The lowest BCUT2D eigenvalue weighted by Crippen LogP contribution is -2.35. The van der Waals surface area contributed by atoms with Crippen LogP contribution in [-0.2, 0) is 29.2 Å². The second-order valence-electron chi connectivity index (χ2n) is 11.2. The van der Waals surface area contributed by atoms with Crippen LogP contribution in [0, 0.1) is 5.82 Å². The van der Waals surface area contributed by atoms with Crippen LogP contribution in [0.4, 0.5) is 4.39 Å². The van der Waals surface area contributed by atoms with Crippen molar-refractivity contribution in [3.8, 4) is 5.88 Å². The summed E-state index contributed by atoms with van der Waals surface area (Å²) in [5, 5.41) is 0. The number of carbonyl (C=O) groups is 2. The van der Waals surface area contributed by atoms with Crippen LogP contribution in [0.25, 0.3) is 11.0 Å². The first-order valence-electron chi connectivity index (χ1n) is 14.7. The summed E-state index contributed by atoms with van der Waals surface area (Å²) in [5.74, 6) is 0.778. The highest BCUT2D eigenvalue weighted by molar-refractivity contribution is 5.94. The van der Waals surface area contributed by atoms with E-state index in [1.165, 1.54) is 32.2 Å². The number of benzene rings is 2. The van der Waals surface area contributed by atoms with Crippen molar-refractivity contribution in [2.45, 2.75) is 57.9 Å². The highest BCUT2D eigenvalue weighted by Gasteiger charge is 2.26. The van der Waals surface area contributed by atoms with Crippen LogP contribution in [0.2, 0.25) is 0 Å². The first kappa shape index (κ1) is 28.9. The molecule has 9 nitrogen and oxygen atoms in total. The van der Waals surface area contributed by atoms with Crippen LogP contribution in [0.1, 0.15) is 69.9 Å². The molecule has 2 fully saturated rings. The van der Waals surface area contributed by atoms with Crippen molar-refractivity contribution in [1.29, 1.82) is 0 Å². The number of nitrogens with zero attached hydrogens (tertiary/aromatic N) is 4. The Labute approximate surface area is 249 Å². The Morgan fingerprint density at radius 2 is 1.81 bits per heavy atom. The third-order valence-electron chi connectivity index (χ3n) is 8.37. The average molecular weight is 587 g/mol. The summed E-state index contributed by atoms with van der Waals surface area (Å²) >= 11 is 0. The summed E-state index contributed by atoms with van der Waals surface area (Å²) in [6, 6.07) is 15.5. The molecule has 2 aromatic carbocycles. The molecule has 0 saturated carbocycles. The Hall–Kier alpha value is -4.15. The van der Waals surface area contributed by atoms with Crippen LogP contribution in [-0.4, -0.2) is 64.1 Å². The molecule has 4 aromatic rings. The SMILES string of the molecule is COC(=O)c1ccc2nc(CN3CCC(c4cccc(OCc5cc(C(C)=O)ccc5F)n4)CC3)n(C[C@@H]3CCO3)c2c1. The number of imidazole rings is 1. The van der Waals surface area contributed by atoms with Crippen molar-refractivity contribution >= 4 is 22.8 Å². The van der Waals surface area contributed by atoms with E-state index in [1.54, 1.807) is 12.1 Å². The topological polar surface area (TPSA) is 95.8 Å². The molecule has 10 heteroatoms. The number of carbonyl (C=O) groups excluding carboxylic acids is 2. The van der Waals surface area contributed by atoms with Crippen LogP contribution in [0.5, 0.6) is 5.88 Å². The lowest BCUT2D eigenvalue weighted by Gasteiger charge is -2.32. The van der Waals surface area contributed by atoms with Gasteiger partial charge in [0.05, 0.1) is 42.9 Å². The van der Waals surface area contributed by atoms with E-state index >= 15 is 0 Å². The van der Waals surface area contributed by atoms with Crippen molar-refractivity contribution < 1.29 is 28.2 Å². The minimum Gasteiger partial charge on any atom is -0.473 e. The van der Waals surface area contributed by atoms with Gasteiger partial charge in [0.1, 0.15) is 18.2 Å². The molecule has 0 radical (unpaired) electrons. The summed E-state index contributed by atoms with van der Waals surface area (Å²) < 4.78 is 33.0. The average Bonchev–Trinajstić information content (AvgIpc) is 3.34. The van der Waals surface area contributed by atoms with E-state index in [0.29, 0.717) is 35.7 Å². The zero-order chi connectivity index (χ0) is 29.9. The molecule has 0 N–H and O–H groups in total. The van der Waals surface area contributed by atoms with Gasteiger partial charge in [0.2, 0.25) is 5.88 Å². The molecule has 2 aliphatic heterocycles. The quantitative estimate of drug-likeness (QED) is 0.182. The van der Waals surface area contributed by atoms with Crippen molar-refractivity contribution in [3.05, 3.63) is 88.6 Å². The van der Waals surface area contributed by atoms with Gasteiger partial charge in [0, 0.05) is 35.4 Å². The van der Waals surface area contributed by atoms with Gasteiger partial charge in [0.25, 0.3) is 0 Å². The van der Waals surface area contributed by atoms with E-state index in [4.69, 9.17) is 24.2 Å². The van der Waals surface area contributed by atoms with Crippen molar-refractivity contribution in [2.75, 3.05) is 26.8 Å². The van der Waals surface area contributed by atoms with E-state index in [9.17, 15) is 14.0 Å². The Morgan fingerprint density at radius 3 is 2.53 bits per heavy atom. The second-order valence-corrected chi connectivity index (χ2v) is 11.2.